The molecule has 0 unspecified atom stereocenters. The van der Waals surface area contributed by atoms with Crippen molar-refractivity contribution in [2.45, 2.75) is 4.90 Å². The molecule has 6 heteroatoms. The number of sulfone groups is 1. The lowest BCUT2D eigenvalue weighted by Crippen LogP contribution is -2.15. The lowest BCUT2D eigenvalue weighted by molar-refractivity contribution is 0.491. The third kappa shape index (κ3) is 2.24. The summed E-state index contributed by atoms with van der Waals surface area (Å²) < 4.78 is 24.8. The molecule has 1 fully saturated rings. The van der Waals surface area contributed by atoms with Crippen molar-refractivity contribution in [1.82, 2.24) is 4.90 Å². The summed E-state index contributed by atoms with van der Waals surface area (Å²) >= 11 is 1.41. The van der Waals surface area contributed by atoms with Crippen LogP contribution in [0.1, 0.15) is 0 Å². The largest absolute Gasteiger partial charge is 0.367 e. The molecule has 0 aromatic heterocycles. The Morgan fingerprint density at radius 3 is 2.56 bits per heavy atom. The second kappa shape index (κ2) is 5.04. The molecule has 1 saturated heterocycles. The van der Waals surface area contributed by atoms with Crippen LogP contribution in [-0.4, -0.2) is 32.7 Å². The summed E-state index contributed by atoms with van der Waals surface area (Å²) in [5, 5.41) is 9.72. The van der Waals surface area contributed by atoms with Crippen molar-refractivity contribution >= 4 is 21.6 Å². The molecule has 1 aromatic carbocycles. The Morgan fingerprint density at radius 1 is 1.39 bits per heavy atom. The van der Waals surface area contributed by atoms with E-state index in [1.165, 1.54) is 23.9 Å². The number of hydrogen-bond acceptors (Lipinski definition) is 5. The van der Waals surface area contributed by atoms with Crippen LogP contribution in [0.5, 0.6) is 0 Å². The van der Waals surface area contributed by atoms with Gasteiger partial charge in [0.1, 0.15) is 11.1 Å². The minimum Gasteiger partial charge on any atom is -0.367 e. The van der Waals surface area contributed by atoms with Crippen LogP contribution < -0.4 is 0 Å². The highest BCUT2D eigenvalue weighted by molar-refractivity contribution is 8.04. The highest BCUT2D eigenvalue weighted by Crippen LogP contribution is 2.33. The minimum atomic E-state index is -3.71. The van der Waals surface area contributed by atoms with Crippen LogP contribution in [0.15, 0.2) is 45.2 Å². The average molecular weight is 280 g/mol. The summed E-state index contributed by atoms with van der Waals surface area (Å²) in [6.45, 7) is 0.759. The van der Waals surface area contributed by atoms with Gasteiger partial charge in [-0.2, -0.15) is 5.26 Å². The van der Waals surface area contributed by atoms with Crippen LogP contribution in [-0.2, 0) is 9.84 Å². The summed E-state index contributed by atoms with van der Waals surface area (Å²) in [4.78, 5) is 1.82. The summed E-state index contributed by atoms with van der Waals surface area (Å²) in [5.74, 6) is 0.807. The van der Waals surface area contributed by atoms with E-state index in [-0.39, 0.29) is 9.80 Å². The second-order valence-electron chi connectivity index (χ2n) is 3.83. The summed E-state index contributed by atoms with van der Waals surface area (Å²) in [6.07, 6.45) is 0. The fraction of sp³-hybridized carbons (Fsp3) is 0.250. The standard InChI is InChI=1S/C12H12N2O2S2/c1-14-7-8-17-12(14)11(9-13)18(15,16)10-5-3-2-4-6-10/h2-6H,7-8H2,1H3/b12-11+. The molecule has 0 bridgehead atoms. The first-order valence-corrected chi connectivity index (χ1v) is 7.82. The molecule has 1 aliphatic heterocycles. The molecule has 18 heavy (non-hydrogen) atoms. The Morgan fingerprint density at radius 2 is 2.06 bits per heavy atom. The van der Waals surface area contributed by atoms with Crippen molar-refractivity contribution in [2.24, 2.45) is 0 Å². The average Bonchev–Trinajstić information content (AvgIpc) is 2.78. The SMILES string of the molecule is CN1CCS/C1=C(\C#N)S(=O)(=O)c1ccccc1. The predicted molar refractivity (Wildman–Crippen MR) is 71.4 cm³/mol. The van der Waals surface area contributed by atoms with E-state index in [0.29, 0.717) is 5.03 Å². The molecule has 1 aliphatic rings. The highest BCUT2D eigenvalue weighted by atomic mass is 32.2. The molecule has 1 aromatic rings. The van der Waals surface area contributed by atoms with E-state index >= 15 is 0 Å². The summed E-state index contributed by atoms with van der Waals surface area (Å²) in [6, 6.07) is 9.90. The van der Waals surface area contributed by atoms with Gasteiger partial charge in [-0.25, -0.2) is 8.42 Å². The number of hydrogen-bond donors (Lipinski definition) is 0. The molecule has 0 spiro atoms. The molecule has 0 saturated carbocycles. The van der Waals surface area contributed by atoms with Gasteiger partial charge >= 0.3 is 0 Å². The zero-order valence-electron chi connectivity index (χ0n) is 9.83. The van der Waals surface area contributed by atoms with Crippen LogP contribution in [0.3, 0.4) is 0 Å². The Hall–Kier alpha value is -1.45. The Bertz CT molecular complexity index is 615. The third-order valence-electron chi connectivity index (χ3n) is 2.63. The van der Waals surface area contributed by atoms with Crippen molar-refractivity contribution in [1.29, 1.82) is 5.26 Å². The van der Waals surface area contributed by atoms with Gasteiger partial charge in [0.05, 0.1) is 4.90 Å². The maximum atomic E-state index is 12.4. The number of nitriles is 1. The van der Waals surface area contributed by atoms with Gasteiger partial charge in [0.2, 0.25) is 9.84 Å². The minimum absolute atomic E-state index is 0.154. The Balaban J connectivity index is 2.57. The predicted octanol–water partition coefficient (Wildman–Crippen LogP) is 1.83. The topological polar surface area (TPSA) is 61.2 Å². The van der Waals surface area contributed by atoms with Crippen LogP contribution >= 0.6 is 11.8 Å². The molecule has 0 atom stereocenters. The van der Waals surface area contributed by atoms with Crippen molar-refractivity contribution < 1.29 is 8.42 Å². The van der Waals surface area contributed by atoms with Crippen LogP contribution in [0.25, 0.3) is 0 Å². The summed E-state index contributed by atoms with van der Waals surface area (Å²) in [7, 11) is -1.91. The fourth-order valence-electron chi connectivity index (χ4n) is 1.67. The van der Waals surface area contributed by atoms with E-state index in [1.54, 1.807) is 25.2 Å². The van der Waals surface area contributed by atoms with Gasteiger partial charge in [0.15, 0.2) is 4.91 Å². The maximum absolute atomic E-state index is 12.4. The van der Waals surface area contributed by atoms with Crippen molar-refractivity contribution in [3.05, 3.63) is 40.3 Å². The van der Waals surface area contributed by atoms with Gasteiger partial charge in [-0.15, -0.1) is 11.8 Å². The van der Waals surface area contributed by atoms with Gasteiger partial charge < -0.3 is 4.90 Å². The number of benzene rings is 1. The molecular weight excluding hydrogens is 268 g/mol. The van der Waals surface area contributed by atoms with Gasteiger partial charge in [-0.05, 0) is 12.1 Å². The smallest absolute Gasteiger partial charge is 0.219 e. The molecule has 0 amide bonds. The van der Waals surface area contributed by atoms with Crippen LogP contribution in [0.4, 0.5) is 0 Å². The third-order valence-corrected chi connectivity index (χ3v) is 5.65. The first-order chi connectivity index (χ1) is 8.57. The zero-order valence-corrected chi connectivity index (χ0v) is 11.5. The summed E-state index contributed by atoms with van der Waals surface area (Å²) in [5.41, 5.74) is 0. The van der Waals surface area contributed by atoms with E-state index in [1.807, 2.05) is 11.0 Å². The second-order valence-corrected chi connectivity index (χ2v) is 6.80. The number of thioether (sulfide) groups is 1. The molecule has 0 N–H and O–H groups in total. The molecular formula is C12H12N2O2S2. The van der Waals surface area contributed by atoms with Crippen molar-refractivity contribution in [2.75, 3.05) is 19.3 Å². The number of rotatable bonds is 2. The van der Waals surface area contributed by atoms with Crippen molar-refractivity contribution in [3.63, 3.8) is 0 Å². The zero-order chi connectivity index (χ0) is 13.2. The molecule has 0 aliphatic carbocycles. The molecule has 2 rings (SSSR count). The lowest BCUT2D eigenvalue weighted by atomic mass is 10.4. The molecule has 94 valence electrons. The first kappa shape index (κ1) is 13.0. The number of allylic oxidation sites excluding steroid dienone is 1. The van der Waals surface area contributed by atoms with Gasteiger partial charge in [-0.3, -0.25) is 0 Å². The molecule has 0 radical (unpaired) electrons. The lowest BCUT2D eigenvalue weighted by Gasteiger charge is -2.13. The Kier molecular flexibility index (Phi) is 3.64. The van der Waals surface area contributed by atoms with Gasteiger partial charge in [0.25, 0.3) is 0 Å². The van der Waals surface area contributed by atoms with Crippen LogP contribution in [0.2, 0.25) is 0 Å². The van der Waals surface area contributed by atoms with E-state index in [9.17, 15) is 13.7 Å². The fourth-order valence-corrected chi connectivity index (χ4v) is 4.48. The maximum Gasteiger partial charge on any atom is 0.219 e. The van der Waals surface area contributed by atoms with Crippen molar-refractivity contribution in [3.8, 4) is 6.07 Å². The highest BCUT2D eigenvalue weighted by Gasteiger charge is 2.29. The van der Waals surface area contributed by atoms with Crippen LogP contribution in [0, 0.1) is 11.3 Å². The van der Waals surface area contributed by atoms with Gasteiger partial charge in [0, 0.05) is 19.3 Å². The van der Waals surface area contributed by atoms with E-state index in [0.717, 1.165) is 12.3 Å². The quantitative estimate of drug-likeness (QED) is 0.773. The van der Waals surface area contributed by atoms with E-state index in [4.69, 9.17) is 0 Å². The molecule has 4 nitrogen and oxygen atoms in total. The first-order valence-electron chi connectivity index (χ1n) is 5.36. The van der Waals surface area contributed by atoms with Gasteiger partial charge in [-0.1, -0.05) is 18.2 Å². The monoisotopic (exact) mass is 280 g/mol. The Labute approximate surface area is 111 Å². The normalized spacial score (nSPS) is 18.6. The van der Waals surface area contributed by atoms with E-state index < -0.39 is 9.84 Å². The molecule has 1 heterocycles. The van der Waals surface area contributed by atoms with E-state index in [2.05, 4.69) is 0 Å². The number of nitrogens with zero attached hydrogens (tertiary/aromatic N) is 2.